The van der Waals surface area contributed by atoms with Crippen LogP contribution in [0.4, 0.5) is 0 Å². The van der Waals surface area contributed by atoms with Gasteiger partial charge in [-0.1, -0.05) is 17.7 Å². The molecule has 2 N–H and O–H groups in total. The molecule has 0 unspecified atom stereocenters. The molecule has 5 heteroatoms. The maximum absolute atomic E-state index is 6.07. The van der Waals surface area contributed by atoms with Crippen molar-refractivity contribution in [2.45, 2.75) is 12.5 Å². The largest absolute Gasteiger partial charge is 0.490 e. The number of hydrogen-bond donors (Lipinski definition) is 1. The fourth-order valence-electron chi connectivity index (χ4n) is 1.60. The molecule has 1 rings (SSSR count). The van der Waals surface area contributed by atoms with Crippen LogP contribution in [0.25, 0.3) is 0 Å². The molecular weight excluding hydrogens is 270 g/mol. The first-order valence-electron chi connectivity index (χ1n) is 5.82. The van der Waals surface area contributed by atoms with Crippen molar-refractivity contribution in [2.75, 3.05) is 32.3 Å². The normalized spacial score (nSPS) is 12.4. The van der Waals surface area contributed by atoms with Gasteiger partial charge in [-0.2, -0.15) is 11.8 Å². The number of nitrogens with two attached hydrogens (primary N) is 1. The molecule has 0 aliphatic heterocycles. The van der Waals surface area contributed by atoms with Crippen LogP contribution in [-0.4, -0.2) is 38.4 Å². The van der Waals surface area contributed by atoms with E-state index in [-0.39, 0.29) is 6.04 Å². The SMILES string of the molecule is COCCOc1cc(C[C@H](N)CSC)ccc1Cl. The monoisotopic (exact) mass is 289 g/mol. The van der Waals surface area contributed by atoms with Crippen LogP contribution < -0.4 is 10.5 Å². The molecule has 102 valence electrons. The van der Waals surface area contributed by atoms with Gasteiger partial charge in [0, 0.05) is 18.9 Å². The van der Waals surface area contributed by atoms with Crippen LogP contribution >= 0.6 is 23.4 Å². The van der Waals surface area contributed by atoms with E-state index in [1.54, 1.807) is 18.9 Å². The molecule has 0 radical (unpaired) electrons. The van der Waals surface area contributed by atoms with Crippen molar-refractivity contribution in [2.24, 2.45) is 5.73 Å². The van der Waals surface area contributed by atoms with Crippen LogP contribution in [0.15, 0.2) is 18.2 Å². The van der Waals surface area contributed by atoms with Crippen molar-refractivity contribution in [1.29, 1.82) is 0 Å². The Kier molecular flexibility index (Phi) is 7.51. The Balaban J connectivity index is 2.61. The molecule has 1 atom stereocenters. The smallest absolute Gasteiger partial charge is 0.138 e. The molecule has 1 aromatic rings. The van der Waals surface area contributed by atoms with Crippen LogP contribution in [0.2, 0.25) is 5.02 Å². The Morgan fingerprint density at radius 1 is 1.39 bits per heavy atom. The van der Waals surface area contributed by atoms with Gasteiger partial charge in [-0.25, -0.2) is 0 Å². The van der Waals surface area contributed by atoms with E-state index in [0.29, 0.717) is 24.0 Å². The highest BCUT2D eigenvalue weighted by atomic mass is 35.5. The van der Waals surface area contributed by atoms with Gasteiger partial charge in [0.15, 0.2) is 0 Å². The number of rotatable bonds is 8. The first kappa shape index (κ1) is 15.6. The zero-order chi connectivity index (χ0) is 13.4. The standard InChI is InChI=1S/C13H20ClNO2S/c1-16-5-6-17-13-8-10(3-4-12(13)14)7-11(15)9-18-2/h3-4,8,11H,5-7,9,15H2,1-2H3/t11-/m0/s1. The predicted molar refractivity (Wildman–Crippen MR) is 78.9 cm³/mol. The van der Waals surface area contributed by atoms with Crippen molar-refractivity contribution in [3.05, 3.63) is 28.8 Å². The summed E-state index contributed by atoms with van der Waals surface area (Å²) in [5, 5.41) is 0.619. The molecular formula is C13H20ClNO2S. The van der Waals surface area contributed by atoms with Crippen LogP contribution in [0, 0.1) is 0 Å². The lowest BCUT2D eigenvalue weighted by atomic mass is 10.1. The van der Waals surface area contributed by atoms with Crippen molar-refractivity contribution in [1.82, 2.24) is 0 Å². The molecule has 0 aliphatic carbocycles. The van der Waals surface area contributed by atoms with Gasteiger partial charge in [-0.3, -0.25) is 0 Å². The number of ether oxygens (including phenoxy) is 2. The molecule has 0 amide bonds. The number of hydrogen-bond acceptors (Lipinski definition) is 4. The van der Waals surface area contributed by atoms with Crippen molar-refractivity contribution in [3.8, 4) is 5.75 Å². The zero-order valence-corrected chi connectivity index (χ0v) is 12.4. The first-order valence-corrected chi connectivity index (χ1v) is 7.59. The number of halogens is 1. The summed E-state index contributed by atoms with van der Waals surface area (Å²) in [6, 6.07) is 5.96. The van der Waals surface area contributed by atoms with E-state index in [2.05, 4.69) is 6.26 Å². The summed E-state index contributed by atoms with van der Waals surface area (Å²) in [4.78, 5) is 0. The molecule has 0 spiro atoms. The van der Waals surface area contributed by atoms with E-state index in [0.717, 1.165) is 17.7 Å². The van der Waals surface area contributed by atoms with Crippen molar-refractivity contribution < 1.29 is 9.47 Å². The molecule has 0 saturated carbocycles. The maximum atomic E-state index is 6.07. The summed E-state index contributed by atoms with van der Waals surface area (Å²) < 4.78 is 10.5. The van der Waals surface area contributed by atoms with Gasteiger partial charge in [-0.05, 0) is 30.4 Å². The van der Waals surface area contributed by atoms with Gasteiger partial charge >= 0.3 is 0 Å². The summed E-state index contributed by atoms with van der Waals surface area (Å²) in [5.41, 5.74) is 7.16. The maximum Gasteiger partial charge on any atom is 0.138 e. The second kappa shape index (κ2) is 8.64. The topological polar surface area (TPSA) is 44.5 Å². The minimum atomic E-state index is 0.160. The predicted octanol–water partition coefficient (Wildman–Crippen LogP) is 2.60. The second-order valence-corrected chi connectivity index (χ2v) is 5.34. The molecule has 0 aromatic heterocycles. The highest BCUT2D eigenvalue weighted by Crippen LogP contribution is 2.26. The average Bonchev–Trinajstić information content (AvgIpc) is 2.34. The lowest BCUT2D eigenvalue weighted by molar-refractivity contribution is 0.146. The van der Waals surface area contributed by atoms with Crippen LogP contribution in [0.1, 0.15) is 5.56 Å². The average molecular weight is 290 g/mol. The molecule has 0 heterocycles. The summed E-state index contributed by atoms with van der Waals surface area (Å²) in [6.07, 6.45) is 2.89. The Morgan fingerprint density at radius 2 is 2.17 bits per heavy atom. The molecule has 0 saturated heterocycles. The van der Waals surface area contributed by atoms with E-state index in [1.165, 1.54) is 0 Å². The summed E-state index contributed by atoms with van der Waals surface area (Å²) >= 11 is 7.83. The third kappa shape index (κ3) is 5.48. The van der Waals surface area contributed by atoms with Gasteiger partial charge in [0.1, 0.15) is 12.4 Å². The van der Waals surface area contributed by atoms with Gasteiger partial charge in [0.05, 0.1) is 11.6 Å². The fourth-order valence-corrected chi connectivity index (χ4v) is 2.31. The lowest BCUT2D eigenvalue weighted by Crippen LogP contribution is -2.25. The summed E-state index contributed by atoms with van der Waals surface area (Å²) in [6.45, 7) is 1.04. The molecule has 0 bridgehead atoms. The molecule has 1 aromatic carbocycles. The van der Waals surface area contributed by atoms with Gasteiger partial charge in [-0.15, -0.1) is 0 Å². The van der Waals surface area contributed by atoms with Crippen LogP contribution in [0.3, 0.4) is 0 Å². The molecule has 18 heavy (non-hydrogen) atoms. The lowest BCUT2D eigenvalue weighted by Gasteiger charge is -2.12. The molecule has 0 aliphatic rings. The summed E-state index contributed by atoms with van der Waals surface area (Å²) in [5.74, 6) is 1.64. The van der Waals surface area contributed by atoms with Gasteiger partial charge in [0.2, 0.25) is 0 Å². The Morgan fingerprint density at radius 3 is 2.83 bits per heavy atom. The fraction of sp³-hybridized carbons (Fsp3) is 0.538. The Hall–Kier alpha value is -0.420. The second-order valence-electron chi connectivity index (χ2n) is 4.03. The van der Waals surface area contributed by atoms with E-state index < -0.39 is 0 Å². The first-order chi connectivity index (χ1) is 8.67. The minimum absolute atomic E-state index is 0.160. The van der Waals surface area contributed by atoms with E-state index in [9.17, 15) is 0 Å². The quantitative estimate of drug-likeness (QED) is 0.747. The molecule has 0 fully saturated rings. The highest BCUT2D eigenvalue weighted by molar-refractivity contribution is 7.98. The van der Waals surface area contributed by atoms with Crippen molar-refractivity contribution in [3.63, 3.8) is 0 Å². The number of thioether (sulfide) groups is 1. The number of methoxy groups -OCH3 is 1. The van der Waals surface area contributed by atoms with Crippen LogP contribution in [-0.2, 0) is 11.2 Å². The van der Waals surface area contributed by atoms with Crippen LogP contribution in [0.5, 0.6) is 5.75 Å². The summed E-state index contributed by atoms with van der Waals surface area (Å²) in [7, 11) is 1.64. The third-order valence-corrected chi connectivity index (χ3v) is 3.49. The number of benzene rings is 1. The van der Waals surface area contributed by atoms with E-state index in [4.69, 9.17) is 26.8 Å². The highest BCUT2D eigenvalue weighted by Gasteiger charge is 2.07. The molecule has 3 nitrogen and oxygen atoms in total. The van der Waals surface area contributed by atoms with Crippen molar-refractivity contribution >= 4 is 23.4 Å². The van der Waals surface area contributed by atoms with E-state index in [1.807, 2.05) is 18.2 Å². The minimum Gasteiger partial charge on any atom is -0.490 e. The van der Waals surface area contributed by atoms with Gasteiger partial charge < -0.3 is 15.2 Å². The van der Waals surface area contributed by atoms with E-state index >= 15 is 0 Å². The van der Waals surface area contributed by atoms with Gasteiger partial charge in [0.25, 0.3) is 0 Å². The Labute approximate surface area is 118 Å². The zero-order valence-electron chi connectivity index (χ0n) is 10.8. The third-order valence-electron chi connectivity index (χ3n) is 2.42. The Bertz CT molecular complexity index is 363.